The van der Waals surface area contributed by atoms with Crippen LogP contribution in [0.1, 0.15) is 54.4 Å². The molecule has 0 aliphatic carbocycles. The lowest BCUT2D eigenvalue weighted by atomic mass is 9.79. The van der Waals surface area contributed by atoms with Crippen molar-refractivity contribution in [3.05, 3.63) is 12.2 Å². The molecule has 0 spiro atoms. The van der Waals surface area contributed by atoms with E-state index in [1.807, 2.05) is 26.0 Å². The second-order valence-electron chi connectivity index (χ2n) is 8.44. The van der Waals surface area contributed by atoms with E-state index in [0.29, 0.717) is 0 Å². The summed E-state index contributed by atoms with van der Waals surface area (Å²) < 4.78 is 15.7. The molecule has 182 valence electrons. The lowest BCUT2D eigenvalue weighted by Gasteiger charge is -2.30. The average Bonchev–Trinajstić information content (AvgIpc) is 3.40. The molecule has 0 amide bonds. The molecule has 1 aliphatic rings. The van der Waals surface area contributed by atoms with Gasteiger partial charge in [-0.15, -0.1) is 0 Å². The third-order valence-corrected chi connectivity index (χ3v) is 5.79. The monoisotopic (exact) mass is 456 g/mol. The molecule has 9 heteroatoms. The van der Waals surface area contributed by atoms with Gasteiger partial charge in [0.2, 0.25) is 0 Å². The zero-order valence-electron chi connectivity index (χ0n) is 19.7. The van der Waals surface area contributed by atoms with E-state index in [-0.39, 0.29) is 30.6 Å². The first-order valence-electron chi connectivity index (χ1n) is 10.9. The summed E-state index contributed by atoms with van der Waals surface area (Å²) in [5.74, 6) is -4.81. The first-order valence-corrected chi connectivity index (χ1v) is 10.9. The van der Waals surface area contributed by atoms with Crippen LogP contribution in [0.2, 0.25) is 0 Å². The number of carbonyl (C=O) groups excluding carboxylic acids is 4. The van der Waals surface area contributed by atoms with Crippen molar-refractivity contribution < 1.29 is 43.6 Å². The van der Waals surface area contributed by atoms with Crippen LogP contribution in [0, 0.1) is 17.8 Å². The molecule has 9 nitrogen and oxygen atoms in total. The fraction of sp³-hybridized carbons (Fsp3) is 0.739. The molecule has 0 radical (unpaired) electrons. The van der Waals surface area contributed by atoms with Crippen LogP contribution >= 0.6 is 0 Å². The summed E-state index contributed by atoms with van der Waals surface area (Å²) in [6.07, 6.45) is 0.486. The van der Waals surface area contributed by atoms with Crippen molar-refractivity contribution >= 4 is 23.5 Å². The van der Waals surface area contributed by atoms with Gasteiger partial charge in [0.25, 0.3) is 0 Å². The molecule has 7 atom stereocenters. The van der Waals surface area contributed by atoms with Crippen LogP contribution in [0.3, 0.4) is 0 Å². The van der Waals surface area contributed by atoms with Gasteiger partial charge in [-0.3, -0.25) is 19.2 Å². The SMILES string of the molecule is C/C=C\[C@H](C)[C@H]1O[C@]1(C)[C@@H](O)[C@@H](COC(C)=O)C(=O)[C@H](COC(C)=O)[C@@H](O)CC(=O)CC. The van der Waals surface area contributed by atoms with Crippen LogP contribution in [0.25, 0.3) is 0 Å². The molecular formula is C23H36O9. The normalized spacial score (nSPS) is 24.8. The van der Waals surface area contributed by atoms with E-state index >= 15 is 0 Å². The summed E-state index contributed by atoms with van der Waals surface area (Å²) in [6.45, 7) is 8.48. The van der Waals surface area contributed by atoms with Crippen molar-refractivity contribution in [1.82, 2.24) is 0 Å². The molecule has 1 rings (SSSR count). The third kappa shape index (κ3) is 7.50. The lowest BCUT2D eigenvalue weighted by Crippen LogP contribution is -2.48. The van der Waals surface area contributed by atoms with Gasteiger partial charge in [0.1, 0.15) is 24.6 Å². The predicted molar refractivity (Wildman–Crippen MR) is 114 cm³/mol. The van der Waals surface area contributed by atoms with Crippen molar-refractivity contribution in [2.45, 2.75) is 78.3 Å². The summed E-state index contributed by atoms with van der Waals surface area (Å²) in [5.41, 5.74) is -1.07. The van der Waals surface area contributed by atoms with E-state index in [2.05, 4.69) is 0 Å². The Bertz CT molecular complexity index is 716. The lowest BCUT2D eigenvalue weighted by molar-refractivity contribution is -0.153. The van der Waals surface area contributed by atoms with Gasteiger partial charge in [-0.05, 0) is 13.8 Å². The Morgan fingerprint density at radius 1 is 1.06 bits per heavy atom. The molecule has 0 aromatic carbocycles. The minimum absolute atomic E-state index is 0.0336. The van der Waals surface area contributed by atoms with E-state index in [9.17, 15) is 29.4 Å². The summed E-state index contributed by atoms with van der Waals surface area (Å²) in [4.78, 5) is 48.0. The highest BCUT2D eigenvalue weighted by molar-refractivity contribution is 5.87. The van der Waals surface area contributed by atoms with Crippen molar-refractivity contribution in [3.8, 4) is 0 Å². The third-order valence-electron chi connectivity index (χ3n) is 5.79. The molecule has 0 unspecified atom stereocenters. The molecular weight excluding hydrogens is 420 g/mol. The fourth-order valence-electron chi connectivity index (χ4n) is 3.83. The Labute approximate surface area is 189 Å². The molecule has 0 saturated carbocycles. The molecule has 1 aliphatic heterocycles. The molecule has 1 fully saturated rings. The Morgan fingerprint density at radius 3 is 2.06 bits per heavy atom. The number of carbonyl (C=O) groups is 4. The summed E-state index contributed by atoms with van der Waals surface area (Å²) in [6, 6.07) is 0. The molecule has 1 saturated heterocycles. The number of rotatable bonds is 14. The average molecular weight is 457 g/mol. The second kappa shape index (κ2) is 12.2. The first-order chi connectivity index (χ1) is 14.9. The van der Waals surface area contributed by atoms with E-state index in [1.54, 1.807) is 13.8 Å². The van der Waals surface area contributed by atoms with Crippen LogP contribution in [0.5, 0.6) is 0 Å². The zero-order chi connectivity index (χ0) is 24.6. The van der Waals surface area contributed by atoms with Gasteiger partial charge in [0.15, 0.2) is 5.78 Å². The van der Waals surface area contributed by atoms with Gasteiger partial charge in [0.05, 0.1) is 30.1 Å². The van der Waals surface area contributed by atoms with Gasteiger partial charge >= 0.3 is 11.9 Å². The summed E-state index contributed by atoms with van der Waals surface area (Å²) in [5, 5.41) is 21.7. The number of hydrogen-bond donors (Lipinski definition) is 2. The highest BCUT2D eigenvalue weighted by Crippen LogP contribution is 2.46. The largest absolute Gasteiger partial charge is 0.465 e. The number of Topliss-reactive ketones (excluding diaryl/α,β-unsaturated/α-hetero) is 2. The van der Waals surface area contributed by atoms with E-state index in [0.717, 1.165) is 6.92 Å². The fourth-order valence-corrected chi connectivity index (χ4v) is 3.83. The summed E-state index contributed by atoms with van der Waals surface area (Å²) >= 11 is 0. The molecule has 2 N–H and O–H groups in total. The molecule has 0 aromatic rings. The minimum atomic E-state index is -1.42. The topological polar surface area (TPSA) is 140 Å². The number of allylic oxidation sites excluding steroid dienone is 1. The maximum Gasteiger partial charge on any atom is 0.302 e. The maximum atomic E-state index is 13.4. The van der Waals surface area contributed by atoms with Gasteiger partial charge in [0, 0.05) is 32.6 Å². The van der Waals surface area contributed by atoms with Crippen LogP contribution in [-0.4, -0.2) is 70.8 Å². The molecule has 0 bridgehead atoms. The number of ether oxygens (including phenoxy) is 3. The Kier molecular flexibility index (Phi) is 10.7. The predicted octanol–water partition coefficient (Wildman–Crippen LogP) is 1.37. The van der Waals surface area contributed by atoms with Gasteiger partial charge in [-0.25, -0.2) is 0 Å². The highest BCUT2D eigenvalue weighted by Gasteiger charge is 2.62. The number of ketones is 2. The standard InChI is InChI=1S/C23H36O9/c1-7-9-13(3)22-23(6,32-22)21(29)18(12-31-15(5)25)20(28)17(11-30-14(4)24)19(27)10-16(26)8-2/h7,9,13,17-19,21-22,27,29H,8,10-12H2,1-6H3/b9-7-/t13-,17+,18-,19-,21-,22+,23+/m0/s1. The maximum absolute atomic E-state index is 13.4. The van der Waals surface area contributed by atoms with Crippen LogP contribution in [0.4, 0.5) is 0 Å². The Balaban J connectivity index is 3.18. The number of epoxide rings is 1. The smallest absolute Gasteiger partial charge is 0.302 e. The highest BCUT2D eigenvalue weighted by atomic mass is 16.6. The molecule has 0 aromatic heterocycles. The number of aliphatic hydroxyl groups excluding tert-OH is 2. The van der Waals surface area contributed by atoms with Crippen molar-refractivity contribution in [1.29, 1.82) is 0 Å². The van der Waals surface area contributed by atoms with Crippen molar-refractivity contribution in [2.24, 2.45) is 17.8 Å². The summed E-state index contributed by atoms with van der Waals surface area (Å²) in [7, 11) is 0. The number of hydrogen-bond acceptors (Lipinski definition) is 9. The van der Waals surface area contributed by atoms with Gasteiger partial charge in [-0.2, -0.15) is 0 Å². The first kappa shape index (κ1) is 27.9. The second-order valence-corrected chi connectivity index (χ2v) is 8.44. The molecule has 1 heterocycles. The minimum Gasteiger partial charge on any atom is -0.465 e. The van der Waals surface area contributed by atoms with E-state index < -0.39 is 60.6 Å². The van der Waals surface area contributed by atoms with Gasteiger partial charge < -0.3 is 24.4 Å². The number of esters is 2. The number of aliphatic hydroxyl groups is 2. The Hall–Kier alpha value is -2.10. The van der Waals surface area contributed by atoms with E-state index in [4.69, 9.17) is 14.2 Å². The van der Waals surface area contributed by atoms with E-state index in [1.165, 1.54) is 6.92 Å². The molecule has 32 heavy (non-hydrogen) atoms. The van der Waals surface area contributed by atoms with Crippen LogP contribution in [-0.2, 0) is 33.4 Å². The van der Waals surface area contributed by atoms with Crippen LogP contribution < -0.4 is 0 Å². The zero-order valence-corrected chi connectivity index (χ0v) is 19.7. The Morgan fingerprint density at radius 2 is 1.59 bits per heavy atom. The van der Waals surface area contributed by atoms with Crippen molar-refractivity contribution in [2.75, 3.05) is 13.2 Å². The van der Waals surface area contributed by atoms with Crippen LogP contribution in [0.15, 0.2) is 12.2 Å². The van der Waals surface area contributed by atoms with Crippen molar-refractivity contribution in [3.63, 3.8) is 0 Å². The van der Waals surface area contributed by atoms with Gasteiger partial charge in [-0.1, -0.05) is 26.0 Å². The quantitative estimate of drug-likeness (QED) is 0.225.